The minimum atomic E-state index is -1.07. The monoisotopic (exact) mass is 129 g/mol. The van der Waals surface area contributed by atoms with E-state index in [-0.39, 0.29) is 0 Å². The third kappa shape index (κ3) is 3.88. The fourth-order valence-corrected chi connectivity index (χ4v) is 0.310. The van der Waals surface area contributed by atoms with E-state index >= 15 is 0 Å². The summed E-state index contributed by atoms with van der Waals surface area (Å²) in [6.07, 6.45) is 3.24. The maximum Gasteiger partial charge on any atom is 0.142 e. The van der Waals surface area contributed by atoms with Crippen LogP contribution in [0.4, 0.5) is 0 Å². The molecule has 0 aliphatic heterocycles. The molecular formula is C6H11NO2. The van der Waals surface area contributed by atoms with Gasteiger partial charge in [-0.1, -0.05) is 0 Å². The van der Waals surface area contributed by atoms with Crippen LogP contribution in [0, 0.1) is 0 Å². The van der Waals surface area contributed by atoms with Gasteiger partial charge >= 0.3 is 0 Å². The quantitative estimate of drug-likeness (QED) is 0.311. The predicted molar refractivity (Wildman–Crippen MR) is 34.9 cm³/mol. The van der Waals surface area contributed by atoms with Crippen molar-refractivity contribution in [2.45, 2.75) is 12.6 Å². The Labute approximate surface area is 54.4 Å². The third-order valence-electron chi connectivity index (χ3n) is 1.01. The molecule has 0 bridgehead atoms. The molecule has 3 heteroatoms. The molecule has 0 rings (SSSR count). The Morgan fingerprint density at radius 3 is 2.56 bits per heavy atom. The fourth-order valence-electron chi connectivity index (χ4n) is 0.310. The van der Waals surface area contributed by atoms with Gasteiger partial charge in [0.1, 0.15) is 12.0 Å². The second-order valence-corrected chi connectivity index (χ2v) is 1.89. The van der Waals surface area contributed by atoms with Crippen LogP contribution in [0.1, 0.15) is 6.92 Å². The van der Waals surface area contributed by atoms with Crippen molar-refractivity contribution in [3.05, 3.63) is 12.2 Å². The number of hydrogen-bond acceptors (Lipinski definition) is 3. The van der Waals surface area contributed by atoms with Crippen LogP contribution in [0.3, 0.4) is 0 Å². The third-order valence-corrected chi connectivity index (χ3v) is 1.01. The molecular weight excluding hydrogens is 118 g/mol. The first-order chi connectivity index (χ1) is 4.12. The van der Waals surface area contributed by atoms with E-state index in [1.165, 1.54) is 12.2 Å². The van der Waals surface area contributed by atoms with E-state index < -0.39 is 5.72 Å². The van der Waals surface area contributed by atoms with E-state index in [9.17, 15) is 4.79 Å². The van der Waals surface area contributed by atoms with Gasteiger partial charge in [0, 0.05) is 0 Å². The van der Waals surface area contributed by atoms with Crippen molar-refractivity contribution in [3.63, 3.8) is 0 Å². The van der Waals surface area contributed by atoms with E-state index in [1.54, 1.807) is 14.0 Å². The highest BCUT2D eigenvalue weighted by molar-refractivity contribution is 5.64. The standard InChI is InChI=1S/C6H11NO2/c1-6(9,7-2)4-3-5-8/h3-5,7,9H,1-2H3/b4-3-. The highest BCUT2D eigenvalue weighted by Crippen LogP contribution is 1.96. The minimum Gasteiger partial charge on any atom is -0.373 e. The largest absolute Gasteiger partial charge is 0.373 e. The molecule has 2 N–H and O–H groups in total. The van der Waals surface area contributed by atoms with E-state index in [2.05, 4.69) is 5.32 Å². The summed E-state index contributed by atoms with van der Waals surface area (Å²) in [5, 5.41) is 11.7. The summed E-state index contributed by atoms with van der Waals surface area (Å²) in [6.45, 7) is 1.55. The summed E-state index contributed by atoms with van der Waals surface area (Å²) in [7, 11) is 1.61. The lowest BCUT2D eigenvalue weighted by Crippen LogP contribution is -2.36. The van der Waals surface area contributed by atoms with Crippen LogP contribution in [0.2, 0.25) is 0 Å². The van der Waals surface area contributed by atoms with Gasteiger partial charge in [0.05, 0.1) is 0 Å². The second-order valence-electron chi connectivity index (χ2n) is 1.89. The van der Waals surface area contributed by atoms with Crippen molar-refractivity contribution in [2.75, 3.05) is 7.05 Å². The summed E-state index contributed by atoms with van der Waals surface area (Å²) in [6, 6.07) is 0. The van der Waals surface area contributed by atoms with E-state index in [4.69, 9.17) is 5.11 Å². The van der Waals surface area contributed by atoms with E-state index in [0.29, 0.717) is 6.29 Å². The van der Waals surface area contributed by atoms with Crippen molar-refractivity contribution in [3.8, 4) is 0 Å². The summed E-state index contributed by atoms with van der Waals surface area (Å²) in [5.74, 6) is 0. The summed E-state index contributed by atoms with van der Waals surface area (Å²) >= 11 is 0. The van der Waals surface area contributed by atoms with Crippen LogP contribution in [0.5, 0.6) is 0 Å². The molecule has 1 atom stereocenters. The summed E-state index contributed by atoms with van der Waals surface area (Å²) in [5.41, 5.74) is -1.07. The number of rotatable bonds is 3. The van der Waals surface area contributed by atoms with Crippen LogP contribution in [-0.4, -0.2) is 24.2 Å². The van der Waals surface area contributed by atoms with Crippen LogP contribution < -0.4 is 5.32 Å². The summed E-state index contributed by atoms with van der Waals surface area (Å²) < 4.78 is 0. The molecule has 3 nitrogen and oxygen atoms in total. The lowest BCUT2D eigenvalue weighted by Gasteiger charge is -2.16. The molecule has 52 valence electrons. The average Bonchev–Trinajstić information content (AvgIpc) is 1.84. The molecule has 0 aliphatic carbocycles. The van der Waals surface area contributed by atoms with Crippen LogP contribution in [0.25, 0.3) is 0 Å². The molecule has 0 aromatic heterocycles. The highest BCUT2D eigenvalue weighted by Gasteiger charge is 2.09. The van der Waals surface area contributed by atoms with Crippen molar-refractivity contribution < 1.29 is 9.90 Å². The second kappa shape index (κ2) is 3.37. The first-order valence-corrected chi connectivity index (χ1v) is 2.66. The average molecular weight is 129 g/mol. The molecule has 1 unspecified atom stereocenters. The number of nitrogens with one attached hydrogen (secondary N) is 1. The number of carbonyl (C=O) groups is 1. The molecule has 0 amide bonds. The Morgan fingerprint density at radius 1 is 1.67 bits per heavy atom. The normalized spacial score (nSPS) is 17.7. The molecule has 0 aromatic carbocycles. The van der Waals surface area contributed by atoms with E-state index in [1.807, 2.05) is 0 Å². The molecule has 0 fully saturated rings. The van der Waals surface area contributed by atoms with Gasteiger partial charge in [-0.3, -0.25) is 10.1 Å². The Kier molecular flexibility index (Phi) is 3.12. The molecule has 0 spiro atoms. The number of hydrogen-bond donors (Lipinski definition) is 2. The van der Waals surface area contributed by atoms with Crippen molar-refractivity contribution >= 4 is 6.29 Å². The molecule has 0 heterocycles. The molecule has 0 saturated carbocycles. The maximum atomic E-state index is 9.74. The molecule has 0 aliphatic rings. The SMILES string of the molecule is CNC(C)(O)/C=C\C=O. The number of aliphatic hydroxyl groups is 1. The molecule has 0 aromatic rings. The minimum absolute atomic E-state index is 0.617. The van der Waals surface area contributed by atoms with Gasteiger partial charge in [-0.05, 0) is 26.1 Å². The van der Waals surface area contributed by atoms with Gasteiger partial charge in [0.2, 0.25) is 0 Å². The lowest BCUT2D eigenvalue weighted by molar-refractivity contribution is -0.104. The van der Waals surface area contributed by atoms with Crippen molar-refractivity contribution in [2.24, 2.45) is 0 Å². The number of likely N-dealkylation sites (N-methyl/N-ethyl adjacent to an activating group) is 1. The van der Waals surface area contributed by atoms with Gasteiger partial charge in [-0.15, -0.1) is 0 Å². The van der Waals surface area contributed by atoms with Crippen LogP contribution in [-0.2, 0) is 4.79 Å². The molecule has 0 radical (unpaired) electrons. The highest BCUT2D eigenvalue weighted by atomic mass is 16.3. The van der Waals surface area contributed by atoms with Gasteiger partial charge in [0.25, 0.3) is 0 Å². The van der Waals surface area contributed by atoms with Crippen LogP contribution >= 0.6 is 0 Å². The Morgan fingerprint density at radius 2 is 2.22 bits per heavy atom. The van der Waals surface area contributed by atoms with Gasteiger partial charge < -0.3 is 5.11 Å². The number of aldehydes is 1. The van der Waals surface area contributed by atoms with Gasteiger partial charge in [0.15, 0.2) is 0 Å². The Bertz CT molecular complexity index is 118. The summed E-state index contributed by atoms with van der Waals surface area (Å²) in [4.78, 5) is 9.74. The lowest BCUT2D eigenvalue weighted by atomic mass is 10.2. The first kappa shape index (κ1) is 8.33. The predicted octanol–water partition coefficient (Wildman–Crippen LogP) is -0.331. The topological polar surface area (TPSA) is 49.3 Å². The van der Waals surface area contributed by atoms with E-state index in [0.717, 1.165) is 0 Å². The van der Waals surface area contributed by atoms with Crippen LogP contribution in [0.15, 0.2) is 12.2 Å². The smallest absolute Gasteiger partial charge is 0.142 e. The first-order valence-electron chi connectivity index (χ1n) is 2.66. The fraction of sp³-hybridized carbons (Fsp3) is 0.500. The molecule has 0 saturated heterocycles. The van der Waals surface area contributed by atoms with Gasteiger partial charge in [-0.2, -0.15) is 0 Å². The zero-order chi connectivity index (χ0) is 7.33. The molecule has 9 heavy (non-hydrogen) atoms. The zero-order valence-corrected chi connectivity index (χ0v) is 5.59. The van der Waals surface area contributed by atoms with Gasteiger partial charge in [-0.25, -0.2) is 0 Å². The Balaban J connectivity index is 3.84. The zero-order valence-electron chi connectivity index (χ0n) is 5.59. The maximum absolute atomic E-state index is 9.74. The number of allylic oxidation sites excluding steroid dienone is 1. The van der Waals surface area contributed by atoms with Crippen molar-refractivity contribution in [1.29, 1.82) is 0 Å². The Hall–Kier alpha value is -0.670. The number of carbonyl (C=O) groups excluding carboxylic acids is 1. The van der Waals surface area contributed by atoms with Crippen molar-refractivity contribution in [1.82, 2.24) is 5.32 Å².